The summed E-state index contributed by atoms with van der Waals surface area (Å²) < 4.78 is 5.83. The van der Waals surface area contributed by atoms with Gasteiger partial charge in [-0.1, -0.05) is 35.9 Å². The van der Waals surface area contributed by atoms with Crippen LogP contribution in [0.4, 0.5) is 5.69 Å². The van der Waals surface area contributed by atoms with Gasteiger partial charge in [0.25, 0.3) is 0 Å². The highest BCUT2D eigenvalue weighted by molar-refractivity contribution is 9.10. The second kappa shape index (κ2) is 6.50. The predicted octanol–water partition coefficient (Wildman–Crippen LogP) is 4.60. The highest BCUT2D eigenvalue weighted by Crippen LogP contribution is 2.32. The van der Waals surface area contributed by atoms with E-state index in [2.05, 4.69) is 21.2 Å². The van der Waals surface area contributed by atoms with Gasteiger partial charge >= 0.3 is 5.97 Å². The topological polar surface area (TPSA) is 38.3 Å². The number of esters is 1. The van der Waals surface area contributed by atoms with Gasteiger partial charge in [-0.25, -0.2) is 4.79 Å². The highest BCUT2D eigenvalue weighted by atomic mass is 79.9. The van der Waals surface area contributed by atoms with Crippen LogP contribution in [-0.2, 0) is 15.1 Å². The van der Waals surface area contributed by atoms with Gasteiger partial charge in [0.2, 0.25) is 0 Å². The Morgan fingerprint density at radius 2 is 1.81 bits per heavy atom. The molecular weight excluding hydrogens is 354 g/mol. The Bertz CT molecular complexity index is 645. The number of hydrogen-bond donors (Lipinski definition) is 1. The molecule has 0 heterocycles. The van der Waals surface area contributed by atoms with Crippen LogP contribution in [0.25, 0.3) is 0 Å². The molecule has 0 fully saturated rings. The molecular formula is C16H15BrClNO2. The summed E-state index contributed by atoms with van der Waals surface area (Å²) in [6.07, 6.45) is 0. The lowest BCUT2D eigenvalue weighted by Crippen LogP contribution is -2.41. The van der Waals surface area contributed by atoms with Gasteiger partial charge in [-0.3, -0.25) is 0 Å². The molecule has 0 aromatic heterocycles. The van der Waals surface area contributed by atoms with E-state index in [-0.39, 0.29) is 5.97 Å². The van der Waals surface area contributed by atoms with Crippen LogP contribution in [0.1, 0.15) is 12.5 Å². The normalized spacial score (nSPS) is 13.3. The SMILES string of the molecule is COC(=O)C(C)(Nc1ccccc1Br)c1ccc(Cl)cc1. The van der Waals surface area contributed by atoms with Gasteiger partial charge < -0.3 is 10.1 Å². The summed E-state index contributed by atoms with van der Waals surface area (Å²) in [5.41, 5.74) is 0.568. The molecule has 0 bridgehead atoms. The molecule has 2 rings (SSSR count). The zero-order chi connectivity index (χ0) is 15.5. The summed E-state index contributed by atoms with van der Waals surface area (Å²) in [6.45, 7) is 1.78. The van der Waals surface area contributed by atoms with Crippen LogP contribution in [0.2, 0.25) is 5.02 Å². The van der Waals surface area contributed by atoms with E-state index in [1.807, 2.05) is 36.4 Å². The summed E-state index contributed by atoms with van der Waals surface area (Å²) in [5, 5.41) is 3.86. The third-order valence-corrected chi connectivity index (χ3v) is 4.22. The van der Waals surface area contributed by atoms with E-state index in [0.717, 1.165) is 15.7 Å². The maximum Gasteiger partial charge on any atom is 0.335 e. The van der Waals surface area contributed by atoms with Crippen LogP contribution in [0.5, 0.6) is 0 Å². The average molecular weight is 369 g/mol. The Balaban J connectivity index is 2.45. The zero-order valence-corrected chi connectivity index (χ0v) is 14.0. The van der Waals surface area contributed by atoms with Crippen LogP contribution >= 0.6 is 27.5 Å². The number of carbonyl (C=O) groups is 1. The number of halogens is 2. The van der Waals surface area contributed by atoms with Crippen molar-refractivity contribution in [3.05, 3.63) is 63.6 Å². The second-order valence-electron chi connectivity index (χ2n) is 4.73. The van der Waals surface area contributed by atoms with Crippen molar-refractivity contribution in [2.45, 2.75) is 12.5 Å². The number of benzene rings is 2. The minimum absolute atomic E-state index is 0.374. The average Bonchev–Trinajstić information content (AvgIpc) is 2.49. The number of para-hydroxylation sites is 1. The third-order valence-electron chi connectivity index (χ3n) is 3.27. The van der Waals surface area contributed by atoms with Crippen molar-refractivity contribution in [3.63, 3.8) is 0 Å². The molecule has 1 N–H and O–H groups in total. The molecule has 0 spiro atoms. The fourth-order valence-electron chi connectivity index (χ4n) is 2.06. The standard InChI is InChI=1S/C16H15BrClNO2/c1-16(15(20)21-2,11-7-9-12(18)10-8-11)19-14-6-4-3-5-13(14)17/h3-10,19H,1-2H3. The van der Waals surface area contributed by atoms with E-state index in [4.69, 9.17) is 16.3 Å². The Labute approximate surface area is 137 Å². The first-order valence-corrected chi connectivity index (χ1v) is 7.51. The molecule has 2 aromatic carbocycles. The third kappa shape index (κ3) is 3.39. The monoisotopic (exact) mass is 367 g/mol. The summed E-state index contributed by atoms with van der Waals surface area (Å²) in [5.74, 6) is -0.374. The maximum atomic E-state index is 12.3. The van der Waals surface area contributed by atoms with E-state index >= 15 is 0 Å². The fourth-order valence-corrected chi connectivity index (χ4v) is 2.57. The Hall–Kier alpha value is -1.52. The van der Waals surface area contributed by atoms with Crippen molar-refractivity contribution in [3.8, 4) is 0 Å². The molecule has 0 aliphatic rings. The van der Waals surface area contributed by atoms with Gasteiger partial charge in [0.1, 0.15) is 0 Å². The molecule has 5 heteroatoms. The smallest absolute Gasteiger partial charge is 0.335 e. The number of rotatable bonds is 4. The molecule has 2 aromatic rings. The van der Waals surface area contributed by atoms with Gasteiger partial charge in [0, 0.05) is 15.2 Å². The lowest BCUT2D eigenvalue weighted by molar-refractivity contribution is -0.145. The molecule has 0 aliphatic carbocycles. The van der Waals surface area contributed by atoms with Crippen molar-refractivity contribution in [1.82, 2.24) is 0 Å². The fraction of sp³-hybridized carbons (Fsp3) is 0.188. The van der Waals surface area contributed by atoms with Crippen molar-refractivity contribution < 1.29 is 9.53 Å². The summed E-state index contributed by atoms with van der Waals surface area (Å²) >= 11 is 9.38. The van der Waals surface area contributed by atoms with Gasteiger partial charge in [-0.05, 0) is 52.7 Å². The predicted molar refractivity (Wildman–Crippen MR) is 88.6 cm³/mol. The van der Waals surface area contributed by atoms with Crippen LogP contribution < -0.4 is 5.32 Å². The van der Waals surface area contributed by atoms with Gasteiger partial charge in [0.15, 0.2) is 5.54 Å². The van der Waals surface area contributed by atoms with Crippen LogP contribution in [0.15, 0.2) is 53.0 Å². The molecule has 0 radical (unpaired) electrons. The van der Waals surface area contributed by atoms with E-state index < -0.39 is 5.54 Å². The van der Waals surface area contributed by atoms with Crippen molar-refractivity contribution in [2.75, 3.05) is 12.4 Å². The number of nitrogens with one attached hydrogen (secondary N) is 1. The first kappa shape index (κ1) is 15.9. The molecule has 1 atom stereocenters. The Kier molecular flexibility index (Phi) is 4.91. The van der Waals surface area contributed by atoms with Crippen LogP contribution in [0.3, 0.4) is 0 Å². The highest BCUT2D eigenvalue weighted by Gasteiger charge is 2.36. The number of methoxy groups -OCH3 is 1. The molecule has 0 saturated heterocycles. The van der Waals surface area contributed by atoms with Gasteiger partial charge in [-0.15, -0.1) is 0 Å². The van der Waals surface area contributed by atoms with Crippen LogP contribution in [0, 0.1) is 0 Å². The van der Waals surface area contributed by atoms with E-state index in [0.29, 0.717) is 5.02 Å². The Morgan fingerprint density at radius 1 is 1.19 bits per heavy atom. The number of hydrogen-bond acceptors (Lipinski definition) is 3. The maximum absolute atomic E-state index is 12.3. The first-order chi connectivity index (χ1) is 9.97. The lowest BCUT2D eigenvalue weighted by Gasteiger charge is -2.30. The van der Waals surface area contributed by atoms with Gasteiger partial charge in [0.05, 0.1) is 7.11 Å². The van der Waals surface area contributed by atoms with E-state index in [1.165, 1.54) is 7.11 Å². The Morgan fingerprint density at radius 3 is 2.38 bits per heavy atom. The second-order valence-corrected chi connectivity index (χ2v) is 6.02. The quantitative estimate of drug-likeness (QED) is 0.801. The number of anilines is 1. The summed E-state index contributed by atoms with van der Waals surface area (Å²) in [6, 6.07) is 14.7. The number of ether oxygens (including phenoxy) is 1. The minimum Gasteiger partial charge on any atom is -0.467 e. The lowest BCUT2D eigenvalue weighted by atomic mass is 9.91. The van der Waals surface area contributed by atoms with E-state index in [9.17, 15) is 4.79 Å². The van der Waals surface area contributed by atoms with Crippen molar-refractivity contribution in [2.24, 2.45) is 0 Å². The molecule has 1 unspecified atom stereocenters. The van der Waals surface area contributed by atoms with Crippen molar-refractivity contribution in [1.29, 1.82) is 0 Å². The summed E-state index contributed by atoms with van der Waals surface area (Å²) in [4.78, 5) is 12.3. The molecule has 21 heavy (non-hydrogen) atoms. The van der Waals surface area contributed by atoms with Gasteiger partial charge in [-0.2, -0.15) is 0 Å². The minimum atomic E-state index is -1.01. The molecule has 110 valence electrons. The van der Waals surface area contributed by atoms with Crippen LogP contribution in [-0.4, -0.2) is 13.1 Å². The first-order valence-electron chi connectivity index (χ1n) is 6.34. The summed E-state index contributed by atoms with van der Waals surface area (Å²) in [7, 11) is 1.37. The largest absolute Gasteiger partial charge is 0.467 e. The van der Waals surface area contributed by atoms with E-state index in [1.54, 1.807) is 19.1 Å². The molecule has 0 saturated carbocycles. The molecule has 3 nitrogen and oxygen atoms in total. The molecule has 0 amide bonds. The molecule has 0 aliphatic heterocycles. The number of carbonyl (C=O) groups excluding carboxylic acids is 1. The van der Waals surface area contributed by atoms with Crippen molar-refractivity contribution >= 4 is 39.2 Å². The zero-order valence-electron chi connectivity index (χ0n) is 11.7.